The van der Waals surface area contributed by atoms with Crippen molar-refractivity contribution < 1.29 is 76.4 Å². The number of benzene rings is 2. The number of anilines is 1. The van der Waals surface area contributed by atoms with E-state index in [9.17, 15) is 52.7 Å². The molecule has 11 atom stereocenters. The number of aromatic nitrogens is 1. The molecule has 0 unspecified atom stereocenters. The molecular weight excluding hydrogens is 1250 g/mol. The molecule has 0 saturated carbocycles. The van der Waals surface area contributed by atoms with Crippen molar-refractivity contribution in [3.63, 3.8) is 0 Å². The minimum Gasteiger partial charge on any atom is -0.445 e. The van der Waals surface area contributed by atoms with Gasteiger partial charge in [0.25, 0.3) is 0 Å². The monoisotopic (exact) mass is 1350 g/mol. The van der Waals surface area contributed by atoms with Gasteiger partial charge in [-0.2, -0.15) is 0 Å². The number of likely N-dealkylation sites (tertiary alicyclic amines) is 1. The Kier molecular flexibility index (Phi) is 33.3. The zero-order valence-electron chi connectivity index (χ0n) is 57.2. The van der Waals surface area contributed by atoms with Crippen molar-refractivity contribution in [1.82, 2.24) is 46.7 Å². The number of methoxy groups -OCH3 is 2. The lowest BCUT2D eigenvalue weighted by molar-refractivity contribution is -0.148. The Balaban J connectivity index is 1.31. The van der Waals surface area contributed by atoms with E-state index in [1.54, 1.807) is 58.2 Å². The fraction of sp³-hybridized carbons (Fsp3) is 0.612. The number of likely N-dealkylation sites (N-methyl/N-ethyl adjacent to an activating group) is 1. The van der Waals surface area contributed by atoms with Crippen LogP contribution < -0.4 is 43.0 Å². The minimum atomic E-state index is -1.60. The van der Waals surface area contributed by atoms with Gasteiger partial charge in [-0.1, -0.05) is 83.5 Å². The molecule has 0 bridgehead atoms. The van der Waals surface area contributed by atoms with E-state index in [1.165, 1.54) is 70.1 Å². The van der Waals surface area contributed by atoms with Crippen molar-refractivity contribution in [3.05, 3.63) is 82.3 Å². The lowest BCUT2D eigenvalue weighted by Crippen LogP contribution is -2.62. The first-order valence-electron chi connectivity index (χ1n) is 32.4. The molecule has 1 saturated heterocycles. The predicted octanol–water partition coefficient (Wildman–Crippen LogP) is 4.41. The number of ketones is 1. The summed E-state index contributed by atoms with van der Waals surface area (Å²) in [6.45, 7) is 17.5. The van der Waals surface area contributed by atoms with E-state index in [0.717, 1.165) is 10.6 Å². The minimum absolute atomic E-state index is 0.00697. The number of hydrogen-bond donors (Lipinski definition) is 8. The van der Waals surface area contributed by atoms with Crippen molar-refractivity contribution in [2.45, 2.75) is 194 Å². The van der Waals surface area contributed by atoms with Gasteiger partial charge in [-0.15, -0.1) is 11.3 Å². The van der Waals surface area contributed by atoms with Gasteiger partial charge in [0.15, 0.2) is 0 Å². The second kappa shape index (κ2) is 39.8. The average molecular weight is 1350 g/mol. The summed E-state index contributed by atoms with van der Waals surface area (Å²) < 4.78 is 28.3. The number of ether oxygens (including phenoxy) is 5. The van der Waals surface area contributed by atoms with Crippen LogP contribution in [0.5, 0.6) is 0 Å². The Labute approximate surface area is 561 Å². The van der Waals surface area contributed by atoms with Gasteiger partial charge in [-0.05, 0) is 95.4 Å². The van der Waals surface area contributed by atoms with Gasteiger partial charge in [0, 0.05) is 64.3 Å². The number of nitrogens with one attached hydrogen (secondary N) is 7. The van der Waals surface area contributed by atoms with Gasteiger partial charge in [0.2, 0.25) is 53.2 Å². The normalized spacial score (nSPS) is 16.2. The summed E-state index contributed by atoms with van der Waals surface area (Å²) in [5.41, 5.74) is 5.57. The molecule has 2 aromatic carbocycles. The van der Waals surface area contributed by atoms with Gasteiger partial charge in [0.1, 0.15) is 47.1 Å². The number of thiazole rings is 1. The van der Waals surface area contributed by atoms with Crippen LogP contribution in [0, 0.1) is 17.8 Å². The maximum Gasteiger partial charge on any atom is 0.408 e. The smallest absolute Gasteiger partial charge is 0.408 e. The molecule has 3 aromatic rings. The van der Waals surface area contributed by atoms with E-state index in [0.29, 0.717) is 44.2 Å². The Morgan fingerprint density at radius 1 is 0.758 bits per heavy atom. The van der Waals surface area contributed by atoms with Crippen LogP contribution in [0.4, 0.5) is 10.5 Å². The highest BCUT2D eigenvalue weighted by atomic mass is 32.1. The van der Waals surface area contributed by atoms with Crippen molar-refractivity contribution in [3.8, 4) is 0 Å². The van der Waals surface area contributed by atoms with Crippen LogP contribution >= 0.6 is 11.3 Å². The van der Waals surface area contributed by atoms with Gasteiger partial charge >= 0.3 is 6.09 Å². The highest BCUT2D eigenvalue weighted by molar-refractivity contribution is 7.09. The molecule has 1 fully saturated rings. The summed E-state index contributed by atoms with van der Waals surface area (Å²) >= 11 is 1.46. The summed E-state index contributed by atoms with van der Waals surface area (Å²) in [7, 11) is 4.67. The fourth-order valence-electron chi connectivity index (χ4n) is 10.9. The van der Waals surface area contributed by atoms with Gasteiger partial charge in [-0.25, -0.2) is 9.78 Å². The van der Waals surface area contributed by atoms with Crippen LogP contribution in [0.25, 0.3) is 0 Å². The van der Waals surface area contributed by atoms with Crippen LogP contribution in [0.1, 0.15) is 143 Å². The summed E-state index contributed by atoms with van der Waals surface area (Å²) in [5.74, 6) is -6.17. The molecule has 4 rings (SSSR count). The van der Waals surface area contributed by atoms with Crippen LogP contribution in [0.3, 0.4) is 0 Å². The molecule has 2 heterocycles. The van der Waals surface area contributed by atoms with E-state index >= 15 is 0 Å². The predicted molar refractivity (Wildman–Crippen MR) is 356 cm³/mol. The van der Waals surface area contributed by atoms with E-state index in [-0.39, 0.29) is 94.0 Å². The number of alkyl carbamates (subject to hydrolysis) is 1. The number of nitrogens with zero attached hydrogens (tertiary/aromatic N) is 3. The fourth-order valence-corrected chi connectivity index (χ4v) is 11.6. The Morgan fingerprint density at radius 3 is 1.99 bits per heavy atom. The molecule has 526 valence electrons. The molecule has 0 radical (unpaired) electrons. The van der Waals surface area contributed by atoms with Crippen molar-refractivity contribution in [2.75, 3.05) is 59.6 Å². The molecule has 1 aliphatic rings. The number of amides is 10. The van der Waals surface area contributed by atoms with Crippen LogP contribution in [-0.4, -0.2) is 188 Å². The lowest BCUT2D eigenvalue weighted by Gasteiger charge is -2.41. The first-order valence-corrected chi connectivity index (χ1v) is 33.2. The van der Waals surface area contributed by atoms with Gasteiger partial charge in [0.05, 0.1) is 69.1 Å². The third kappa shape index (κ3) is 26.0. The van der Waals surface area contributed by atoms with Crippen molar-refractivity contribution in [2.24, 2.45) is 23.5 Å². The van der Waals surface area contributed by atoms with E-state index in [4.69, 9.17) is 29.4 Å². The number of carbonyl (C=O) groups is 11. The Morgan fingerprint density at radius 2 is 1.40 bits per heavy atom. The standard InChI is InChI=1S/C67H101N11O16S/c1-14-41(4)57(52(90-12)38-55(82)78-31-18-21-51(78)58(91-13)43(6)59(83)74-50(63-69-30-36-95-63)37-46-19-16-15-17-20-46)77(11)64(87)56(40(2)3)75-65(88)67(9,10)76-66(89)94-39-47-22-24-48(25-23-47)72-62(86)49(26-27-53(68)80)73-61(85)45(8)71-60(84)44(7)70-54(81)29-33-93-35-34-92-32-28-42(5)79/h15-17,19-20,22-25,30,36,40-41,43-45,49-52,56-58H,14,18,21,26-29,31-35,37-39H2,1-13H3,(H2,68,80)(H,70,81)(H,71,84)(H,72,86)(H,73,85)(H,74,83)(H,75,88)(H,76,89)/t41-,43+,44-,45-,49-,50-,51-,52+,56-,57-,58+/m0/s1. The molecule has 9 N–H and O–H groups in total. The van der Waals surface area contributed by atoms with E-state index in [2.05, 4.69) is 42.2 Å². The number of primary amides is 1. The van der Waals surface area contributed by atoms with E-state index < -0.39 is 113 Å². The average Bonchev–Trinajstić information content (AvgIpc) is 1.80. The number of rotatable bonds is 41. The molecule has 10 amide bonds. The molecule has 27 nitrogen and oxygen atoms in total. The third-order valence-electron chi connectivity index (χ3n) is 16.7. The van der Waals surface area contributed by atoms with Crippen LogP contribution in [0.2, 0.25) is 0 Å². The molecule has 1 aromatic heterocycles. The zero-order chi connectivity index (χ0) is 70.5. The second-order valence-corrected chi connectivity index (χ2v) is 25.9. The van der Waals surface area contributed by atoms with Crippen LogP contribution in [-0.2, 0) is 84.7 Å². The zero-order valence-corrected chi connectivity index (χ0v) is 58.1. The highest BCUT2D eigenvalue weighted by Crippen LogP contribution is 2.31. The van der Waals surface area contributed by atoms with Crippen molar-refractivity contribution >= 4 is 82.1 Å². The molecule has 28 heteroatoms. The summed E-state index contributed by atoms with van der Waals surface area (Å²) in [4.78, 5) is 153. The summed E-state index contributed by atoms with van der Waals surface area (Å²) in [5, 5.41) is 21.5. The van der Waals surface area contributed by atoms with Gasteiger partial charge < -0.3 is 76.4 Å². The first-order chi connectivity index (χ1) is 45.0. The summed E-state index contributed by atoms with van der Waals surface area (Å²) in [6.07, 6.45) is 1.53. The maximum atomic E-state index is 14.7. The number of carbonyl (C=O) groups excluding carboxylic acids is 11. The molecule has 0 spiro atoms. The third-order valence-corrected chi connectivity index (χ3v) is 17.6. The number of hydrogen-bond acceptors (Lipinski definition) is 18. The number of nitrogens with two attached hydrogens (primary N) is 1. The van der Waals surface area contributed by atoms with Crippen molar-refractivity contribution in [1.29, 1.82) is 0 Å². The summed E-state index contributed by atoms with van der Waals surface area (Å²) in [6, 6.07) is 10.0. The van der Waals surface area contributed by atoms with Crippen LogP contribution in [0.15, 0.2) is 66.2 Å². The lowest BCUT2D eigenvalue weighted by atomic mass is 9.89. The first kappa shape index (κ1) is 79.5. The highest BCUT2D eigenvalue weighted by Gasteiger charge is 2.44. The molecule has 0 aliphatic carbocycles. The van der Waals surface area contributed by atoms with E-state index in [1.807, 2.05) is 49.6 Å². The van der Waals surface area contributed by atoms with Gasteiger partial charge in [-0.3, -0.25) is 47.9 Å². The molecule has 95 heavy (non-hydrogen) atoms. The Hall–Kier alpha value is -7.92. The quantitative estimate of drug-likeness (QED) is 0.0365. The Bertz CT molecular complexity index is 2990. The molecule has 1 aliphatic heterocycles. The SMILES string of the molecule is CC[C@H](C)[C@@H]([C@@H](CC(=O)N1CCC[C@H]1[C@H](OC)[C@@H](C)C(=O)N[C@@H](Cc1ccccc1)c1nccs1)OC)N(C)C(=O)[C@@H](NC(=O)C(C)(C)NC(=O)OCc1ccc(NC(=O)[C@H](CCC(N)=O)NC(=O)[C@H](C)NC(=O)[C@H](C)NC(=O)CCOCCOCCC(C)=O)cc1)C(C)C. The second-order valence-electron chi connectivity index (χ2n) is 24.9. The molecular formula is C67H101N11O16S. The topological polar surface area (TPSA) is 364 Å². The maximum absolute atomic E-state index is 14.7. The number of Topliss-reactive ketones (excluding diaryl/α,β-unsaturated/α-hetero) is 1. The largest absolute Gasteiger partial charge is 0.445 e.